The summed E-state index contributed by atoms with van der Waals surface area (Å²) in [7, 11) is -3.83. The molecule has 0 radical (unpaired) electrons. The standard InChI is InChI=1S/C16H15ClN2O4S/c1-3-19-14-8-7-11(9-15(14)23-16(19)20)24(21,22)18-13-6-4-5-12(17)10(13)2/h4-9,18H,3H2,1-2H3. The van der Waals surface area contributed by atoms with Gasteiger partial charge >= 0.3 is 5.76 Å². The number of nitrogens with one attached hydrogen (secondary N) is 1. The molecule has 0 saturated heterocycles. The SMILES string of the molecule is CCn1c(=O)oc2cc(S(=O)(=O)Nc3cccc(Cl)c3C)ccc21. The average molecular weight is 367 g/mol. The zero-order chi connectivity index (χ0) is 17.5. The van der Waals surface area contributed by atoms with Gasteiger partial charge in [0.05, 0.1) is 16.1 Å². The van der Waals surface area contributed by atoms with Gasteiger partial charge in [0, 0.05) is 17.6 Å². The largest absolute Gasteiger partial charge is 0.419 e. The van der Waals surface area contributed by atoms with E-state index in [1.807, 2.05) is 6.92 Å². The fraction of sp³-hybridized carbons (Fsp3) is 0.188. The number of benzene rings is 2. The number of fused-ring (bicyclic) bond motifs is 1. The molecule has 0 bridgehead atoms. The number of sulfonamides is 1. The smallest absolute Gasteiger partial charge is 0.408 e. The summed E-state index contributed by atoms with van der Waals surface area (Å²) in [5.41, 5.74) is 1.82. The lowest BCUT2D eigenvalue weighted by atomic mass is 10.2. The normalized spacial score (nSPS) is 11.8. The first-order valence-electron chi connectivity index (χ1n) is 7.25. The van der Waals surface area contributed by atoms with Crippen molar-refractivity contribution in [3.63, 3.8) is 0 Å². The summed E-state index contributed by atoms with van der Waals surface area (Å²) in [5.74, 6) is -0.513. The van der Waals surface area contributed by atoms with E-state index in [0.717, 1.165) is 0 Å². The molecule has 8 heteroatoms. The Labute approximate surface area is 143 Å². The Morgan fingerprint density at radius 3 is 2.71 bits per heavy atom. The van der Waals surface area contributed by atoms with Gasteiger partial charge in [0.15, 0.2) is 5.58 Å². The predicted molar refractivity (Wildman–Crippen MR) is 93.1 cm³/mol. The van der Waals surface area contributed by atoms with Crippen LogP contribution in [0.4, 0.5) is 5.69 Å². The van der Waals surface area contributed by atoms with Crippen LogP contribution in [0.2, 0.25) is 5.02 Å². The van der Waals surface area contributed by atoms with E-state index < -0.39 is 15.8 Å². The molecule has 0 amide bonds. The number of oxazole rings is 1. The number of anilines is 1. The molecule has 0 aliphatic rings. The summed E-state index contributed by atoms with van der Waals surface area (Å²) >= 11 is 6.02. The van der Waals surface area contributed by atoms with Gasteiger partial charge in [-0.2, -0.15) is 0 Å². The van der Waals surface area contributed by atoms with E-state index in [0.29, 0.717) is 28.3 Å². The Bertz CT molecular complexity index is 1080. The van der Waals surface area contributed by atoms with Crippen LogP contribution >= 0.6 is 11.6 Å². The molecule has 0 unspecified atom stereocenters. The fourth-order valence-electron chi connectivity index (χ4n) is 2.44. The molecule has 126 valence electrons. The average Bonchev–Trinajstić information content (AvgIpc) is 2.85. The molecule has 24 heavy (non-hydrogen) atoms. The third-order valence-electron chi connectivity index (χ3n) is 3.78. The van der Waals surface area contributed by atoms with Gasteiger partial charge in [-0.05, 0) is 43.7 Å². The molecule has 3 rings (SSSR count). The van der Waals surface area contributed by atoms with Gasteiger partial charge in [0.1, 0.15) is 0 Å². The van der Waals surface area contributed by atoms with Crippen molar-refractivity contribution in [2.75, 3.05) is 4.72 Å². The molecule has 6 nitrogen and oxygen atoms in total. The summed E-state index contributed by atoms with van der Waals surface area (Å²) < 4.78 is 34.2. The van der Waals surface area contributed by atoms with Crippen molar-refractivity contribution in [2.24, 2.45) is 0 Å². The van der Waals surface area contributed by atoms with Crippen LogP contribution in [-0.2, 0) is 16.6 Å². The Kier molecular flexibility index (Phi) is 4.15. The van der Waals surface area contributed by atoms with Gasteiger partial charge in [-0.3, -0.25) is 9.29 Å². The second-order valence-corrected chi connectivity index (χ2v) is 7.35. The van der Waals surface area contributed by atoms with E-state index >= 15 is 0 Å². The molecule has 1 heterocycles. The van der Waals surface area contributed by atoms with E-state index in [2.05, 4.69) is 4.72 Å². The van der Waals surface area contributed by atoms with Crippen molar-refractivity contribution >= 4 is 38.4 Å². The van der Waals surface area contributed by atoms with Crippen molar-refractivity contribution in [3.05, 3.63) is 57.5 Å². The molecular formula is C16H15ClN2O4S. The third kappa shape index (κ3) is 2.81. The van der Waals surface area contributed by atoms with Crippen molar-refractivity contribution in [1.29, 1.82) is 0 Å². The lowest BCUT2D eigenvalue weighted by Gasteiger charge is -2.11. The first kappa shape index (κ1) is 16.6. The van der Waals surface area contributed by atoms with Gasteiger partial charge in [0.25, 0.3) is 10.0 Å². The highest BCUT2D eigenvalue weighted by Crippen LogP contribution is 2.26. The minimum atomic E-state index is -3.83. The summed E-state index contributed by atoms with van der Waals surface area (Å²) in [6.07, 6.45) is 0. The van der Waals surface area contributed by atoms with Crippen molar-refractivity contribution < 1.29 is 12.8 Å². The van der Waals surface area contributed by atoms with Gasteiger partial charge in [-0.15, -0.1) is 0 Å². The first-order valence-corrected chi connectivity index (χ1v) is 9.11. The number of hydrogen-bond acceptors (Lipinski definition) is 4. The molecule has 0 saturated carbocycles. The summed E-state index contributed by atoms with van der Waals surface area (Å²) in [5, 5.41) is 0.469. The lowest BCUT2D eigenvalue weighted by molar-refractivity contribution is 0.512. The van der Waals surface area contributed by atoms with Gasteiger partial charge in [-0.1, -0.05) is 17.7 Å². The molecule has 3 aromatic rings. The van der Waals surface area contributed by atoms with Gasteiger partial charge in [0.2, 0.25) is 0 Å². The molecule has 0 atom stereocenters. The van der Waals surface area contributed by atoms with Crippen molar-refractivity contribution in [1.82, 2.24) is 4.57 Å². The molecular weight excluding hydrogens is 352 g/mol. The maximum Gasteiger partial charge on any atom is 0.419 e. The van der Waals surface area contributed by atoms with E-state index in [-0.39, 0.29) is 10.5 Å². The highest BCUT2D eigenvalue weighted by atomic mass is 35.5. The molecule has 1 aromatic heterocycles. The number of aryl methyl sites for hydroxylation is 1. The Morgan fingerprint density at radius 2 is 2.00 bits per heavy atom. The van der Waals surface area contributed by atoms with Crippen molar-refractivity contribution in [3.8, 4) is 0 Å². The van der Waals surface area contributed by atoms with Crippen LogP contribution in [0.1, 0.15) is 12.5 Å². The molecule has 0 spiro atoms. The second kappa shape index (κ2) is 5.99. The monoisotopic (exact) mass is 366 g/mol. The maximum absolute atomic E-state index is 12.6. The predicted octanol–water partition coefficient (Wildman–Crippen LogP) is 3.38. The van der Waals surface area contributed by atoms with E-state index in [4.69, 9.17) is 16.0 Å². The van der Waals surface area contributed by atoms with Crippen molar-refractivity contribution in [2.45, 2.75) is 25.3 Å². The van der Waals surface area contributed by atoms with Crippen LogP contribution in [0.15, 0.2) is 50.5 Å². The number of rotatable bonds is 4. The quantitative estimate of drug-likeness (QED) is 0.767. The van der Waals surface area contributed by atoms with Crippen LogP contribution in [0.25, 0.3) is 11.1 Å². The minimum absolute atomic E-state index is 0.00591. The molecule has 0 aliphatic carbocycles. The molecule has 1 N–H and O–H groups in total. The third-order valence-corrected chi connectivity index (χ3v) is 5.55. The summed E-state index contributed by atoms with van der Waals surface area (Å²) in [6.45, 7) is 3.98. The van der Waals surface area contributed by atoms with Gasteiger partial charge < -0.3 is 4.42 Å². The second-order valence-electron chi connectivity index (χ2n) is 5.26. The Morgan fingerprint density at radius 1 is 1.25 bits per heavy atom. The molecule has 0 fully saturated rings. The highest BCUT2D eigenvalue weighted by molar-refractivity contribution is 7.92. The molecule has 0 aliphatic heterocycles. The van der Waals surface area contributed by atoms with Gasteiger partial charge in [-0.25, -0.2) is 13.2 Å². The van der Waals surface area contributed by atoms with Crippen LogP contribution in [0, 0.1) is 6.92 Å². The first-order chi connectivity index (χ1) is 11.3. The minimum Gasteiger partial charge on any atom is -0.408 e. The van der Waals surface area contributed by atoms with E-state index in [1.165, 1.54) is 16.7 Å². The van der Waals surface area contributed by atoms with Crippen LogP contribution in [0.3, 0.4) is 0 Å². The van der Waals surface area contributed by atoms with Crippen LogP contribution in [-0.4, -0.2) is 13.0 Å². The van der Waals surface area contributed by atoms with E-state index in [9.17, 15) is 13.2 Å². The summed E-state index contributed by atoms with van der Waals surface area (Å²) in [6, 6.07) is 9.31. The zero-order valence-electron chi connectivity index (χ0n) is 13.0. The van der Waals surface area contributed by atoms with E-state index in [1.54, 1.807) is 31.2 Å². The van der Waals surface area contributed by atoms with Crippen LogP contribution in [0.5, 0.6) is 0 Å². The molecule has 2 aromatic carbocycles. The maximum atomic E-state index is 12.6. The topological polar surface area (TPSA) is 81.3 Å². The fourth-order valence-corrected chi connectivity index (χ4v) is 3.75. The van der Waals surface area contributed by atoms with Crippen LogP contribution < -0.4 is 10.5 Å². The zero-order valence-corrected chi connectivity index (χ0v) is 14.6. The Hall–Kier alpha value is -2.25. The highest BCUT2D eigenvalue weighted by Gasteiger charge is 2.18. The number of nitrogens with zero attached hydrogens (tertiary/aromatic N) is 1. The number of halogens is 1. The Balaban J connectivity index is 2.05. The number of aromatic nitrogens is 1. The summed E-state index contributed by atoms with van der Waals surface area (Å²) in [4.78, 5) is 11.7. The lowest BCUT2D eigenvalue weighted by Crippen LogP contribution is -2.14. The number of hydrogen-bond donors (Lipinski definition) is 1.